The predicted octanol–water partition coefficient (Wildman–Crippen LogP) is 1.63. The molecule has 0 bridgehead atoms. The first-order chi connectivity index (χ1) is 8.76. The molecule has 0 spiro atoms. The third-order valence-electron chi connectivity index (χ3n) is 2.39. The fourth-order valence-corrected chi connectivity index (χ4v) is 1.50. The Labute approximate surface area is 105 Å². The lowest BCUT2D eigenvalue weighted by Gasteiger charge is -2.14. The molecule has 0 aliphatic rings. The Morgan fingerprint density at radius 2 is 2.06 bits per heavy atom. The van der Waals surface area contributed by atoms with Gasteiger partial charge in [0, 0.05) is 4.91 Å². The molecule has 0 fully saturated rings. The predicted molar refractivity (Wildman–Crippen MR) is 66.7 cm³/mol. The molecule has 0 heterocycles. The lowest BCUT2D eigenvalue weighted by molar-refractivity contribution is 0.0573. The Kier molecular flexibility index (Phi) is 6.83. The zero-order valence-electron chi connectivity index (χ0n) is 10.0. The second kappa shape index (κ2) is 8.49. The minimum Gasteiger partial charge on any atom is -0.394 e. The molecule has 6 nitrogen and oxygen atoms in total. The van der Waals surface area contributed by atoms with Crippen LogP contribution in [0, 0.1) is 0 Å². The van der Waals surface area contributed by atoms with E-state index in [4.69, 9.17) is 15.4 Å². The lowest BCUT2D eigenvalue weighted by atomic mass is 10.1. The fourth-order valence-electron chi connectivity index (χ4n) is 1.50. The van der Waals surface area contributed by atoms with Gasteiger partial charge in [-0.15, -0.1) is 0 Å². The molecule has 0 saturated carbocycles. The molecule has 0 aromatic heterocycles. The highest BCUT2D eigenvalue weighted by molar-refractivity contribution is 5.13. The Morgan fingerprint density at radius 1 is 1.33 bits per heavy atom. The van der Waals surface area contributed by atoms with E-state index in [1.165, 1.54) is 0 Å². The molecule has 0 aliphatic carbocycles. The van der Waals surface area contributed by atoms with Crippen molar-refractivity contribution in [3.63, 3.8) is 0 Å². The highest BCUT2D eigenvalue weighted by atomic mass is 16.5. The van der Waals surface area contributed by atoms with E-state index in [0.717, 1.165) is 5.56 Å². The van der Waals surface area contributed by atoms with Crippen LogP contribution in [0.3, 0.4) is 0 Å². The number of benzene rings is 1. The van der Waals surface area contributed by atoms with E-state index in [1.807, 2.05) is 30.3 Å². The molecule has 2 N–H and O–H groups in total. The summed E-state index contributed by atoms with van der Waals surface area (Å²) in [4.78, 5) is 2.70. The normalized spacial score (nSPS) is 13.7. The van der Waals surface area contributed by atoms with Gasteiger partial charge >= 0.3 is 0 Å². The van der Waals surface area contributed by atoms with Crippen LogP contribution >= 0.6 is 0 Å². The van der Waals surface area contributed by atoms with Crippen molar-refractivity contribution in [1.82, 2.24) is 0 Å². The minimum absolute atomic E-state index is 0.190. The van der Waals surface area contributed by atoms with Crippen LogP contribution in [0.15, 0.2) is 35.4 Å². The van der Waals surface area contributed by atoms with E-state index >= 15 is 0 Å². The number of rotatable bonds is 8. The van der Waals surface area contributed by atoms with E-state index in [9.17, 15) is 5.11 Å². The number of azide groups is 1. The molecule has 1 aromatic rings. The Morgan fingerprint density at radius 3 is 2.67 bits per heavy atom. The van der Waals surface area contributed by atoms with Crippen LogP contribution in [0.25, 0.3) is 10.4 Å². The smallest absolute Gasteiger partial charge is 0.0775 e. The molecule has 1 aromatic carbocycles. The molecule has 0 amide bonds. The molecule has 0 radical (unpaired) electrons. The quantitative estimate of drug-likeness (QED) is 0.417. The van der Waals surface area contributed by atoms with Crippen molar-refractivity contribution in [2.24, 2.45) is 5.11 Å². The van der Waals surface area contributed by atoms with Crippen LogP contribution in [0.5, 0.6) is 0 Å². The zero-order chi connectivity index (χ0) is 13.2. The van der Waals surface area contributed by atoms with Gasteiger partial charge in [0.25, 0.3) is 0 Å². The molecule has 2 atom stereocenters. The molecular weight excluding hydrogens is 234 g/mol. The largest absolute Gasteiger partial charge is 0.394 e. The summed E-state index contributed by atoms with van der Waals surface area (Å²) in [7, 11) is 0. The molecule has 6 heteroatoms. The molecule has 0 unspecified atom stereocenters. The van der Waals surface area contributed by atoms with Gasteiger partial charge in [-0.1, -0.05) is 35.4 Å². The van der Waals surface area contributed by atoms with Crippen LogP contribution in [-0.4, -0.2) is 35.6 Å². The average molecular weight is 251 g/mol. The first-order valence-corrected chi connectivity index (χ1v) is 5.71. The van der Waals surface area contributed by atoms with Gasteiger partial charge < -0.3 is 14.9 Å². The van der Waals surface area contributed by atoms with Crippen LogP contribution in [0.1, 0.15) is 12.0 Å². The van der Waals surface area contributed by atoms with Crippen LogP contribution in [0.2, 0.25) is 0 Å². The number of aliphatic hydroxyl groups excluding tert-OH is 2. The standard InChI is InChI=1S/C12H17N3O3/c13-15-14-11(6-12(17)7-16)9-18-8-10-4-2-1-3-5-10/h1-5,11-12,16-17H,6-9H2/t11-,12+/m0/s1. The van der Waals surface area contributed by atoms with Gasteiger partial charge in [0.1, 0.15) is 0 Å². The molecule has 0 saturated heterocycles. The third kappa shape index (κ3) is 5.65. The van der Waals surface area contributed by atoms with Crippen molar-refractivity contribution in [3.05, 3.63) is 46.3 Å². The van der Waals surface area contributed by atoms with E-state index in [-0.39, 0.29) is 19.6 Å². The highest BCUT2D eigenvalue weighted by Crippen LogP contribution is 2.07. The van der Waals surface area contributed by atoms with Crippen molar-refractivity contribution < 1.29 is 14.9 Å². The number of ether oxygens (including phenoxy) is 1. The maximum Gasteiger partial charge on any atom is 0.0775 e. The van der Waals surface area contributed by atoms with E-state index < -0.39 is 12.1 Å². The summed E-state index contributed by atoms with van der Waals surface area (Å²) in [5.41, 5.74) is 9.42. The minimum atomic E-state index is -0.888. The van der Waals surface area contributed by atoms with Crippen LogP contribution in [-0.2, 0) is 11.3 Å². The summed E-state index contributed by atoms with van der Waals surface area (Å²) in [6.45, 7) is 0.291. The average Bonchev–Trinajstić information content (AvgIpc) is 2.40. The molecule has 1 rings (SSSR count). The van der Waals surface area contributed by atoms with Gasteiger partial charge in [-0.05, 0) is 17.5 Å². The highest BCUT2D eigenvalue weighted by Gasteiger charge is 2.12. The summed E-state index contributed by atoms with van der Waals surface area (Å²) >= 11 is 0. The summed E-state index contributed by atoms with van der Waals surface area (Å²) < 4.78 is 5.42. The van der Waals surface area contributed by atoms with Gasteiger partial charge in [0.05, 0.1) is 32.0 Å². The van der Waals surface area contributed by atoms with Gasteiger partial charge in [0.15, 0.2) is 0 Å². The number of aliphatic hydroxyl groups is 2. The van der Waals surface area contributed by atoms with Gasteiger partial charge in [-0.25, -0.2) is 0 Å². The SMILES string of the molecule is [N-]=[N+]=N[C@H](COCc1ccccc1)C[C@@H](O)CO. The monoisotopic (exact) mass is 251 g/mol. The Bertz CT molecular complexity index is 379. The fraction of sp³-hybridized carbons (Fsp3) is 0.500. The summed E-state index contributed by atoms with van der Waals surface area (Å²) in [6, 6.07) is 9.15. The van der Waals surface area contributed by atoms with E-state index in [0.29, 0.717) is 6.61 Å². The van der Waals surface area contributed by atoms with E-state index in [2.05, 4.69) is 10.0 Å². The van der Waals surface area contributed by atoms with Gasteiger partial charge in [-0.3, -0.25) is 0 Å². The first-order valence-electron chi connectivity index (χ1n) is 5.71. The molecule has 98 valence electrons. The summed E-state index contributed by atoms with van der Waals surface area (Å²) in [6.07, 6.45) is -0.698. The van der Waals surface area contributed by atoms with Crippen molar-refractivity contribution >= 4 is 0 Å². The zero-order valence-corrected chi connectivity index (χ0v) is 10.0. The van der Waals surface area contributed by atoms with Crippen molar-refractivity contribution in [2.45, 2.75) is 25.2 Å². The number of nitrogens with zero attached hydrogens (tertiary/aromatic N) is 3. The van der Waals surface area contributed by atoms with Crippen molar-refractivity contribution in [3.8, 4) is 0 Å². The summed E-state index contributed by atoms with van der Waals surface area (Å²) in [5, 5.41) is 21.5. The molecule has 18 heavy (non-hydrogen) atoms. The third-order valence-corrected chi connectivity index (χ3v) is 2.39. The van der Waals surface area contributed by atoms with Gasteiger partial charge in [0.2, 0.25) is 0 Å². The maximum atomic E-state index is 9.28. The van der Waals surface area contributed by atoms with E-state index in [1.54, 1.807) is 0 Å². The topological polar surface area (TPSA) is 98.5 Å². The van der Waals surface area contributed by atoms with Crippen molar-refractivity contribution in [1.29, 1.82) is 0 Å². The lowest BCUT2D eigenvalue weighted by Crippen LogP contribution is -2.23. The summed E-state index contributed by atoms with van der Waals surface area (Å²) in [5.74, 6) is 0. The van der Waals surface area contributed by atoms with Crippen molar-refractivity contribution in [2.75, 3.05) is 13.2 Å². The number of hydrogen-bond donors (Lipinski definition) is 2. The molecular formula is C12H17N3O3. The number of hydrogen-bond acceptors (Lipinski definition) is 4. The maximum absolute atomic E-state index is 9.28. The second-order valence-corrected chi connectivity index (χ2v) is 3.93. The Hall–Kier alpha value is -1.59. The van der Waals surface area contributed by atoms with Gasteiger partial charge in [-0.2, -0.15) is 0 Å². The Balaban J connectivity index is 2.36. The molecule has 0 aliphatic heterocycles. The van der Waals surface area contributed by atoms with Crippen LogP contribution < -0.4 is 0 Å². The first kappa shape index (κ1) is 14.5. The van der Waals surface area contributed by atoms with Crippen LogP contribution in [0.4, 0.5) is 0 Å². The second-order valence-electron chi connectivity index (χ2n) is 3.93.